The number of carbonyl (C=O) groups is 7. The van der Waals surface area contributed by atoms with Crippen molar-refractivity contribution in [1.29, 1.82) is 0 Å². The van der Waals surface area contributed by atoms with E-state index in [0.29, 0.717) is 44.6 Å². The number of aliphatic carboxylic acids is 1. The SMILES string of the molecule is CC1CCC(C(=O)NC(CCC(=O)NCCOCCOCC(=O)NCCOCCOCC(=O)NCCCC[C@H](CC(=O)CCc2cnc[nH]2)C(N)=O)C(=O)O)CC1. The van der Waals surface area contributed by atoms with Gasteiger partial charge in [0.2, 0.25) is 29.5 Å². The van der Waals surface area contributed by atoms with E-state index in [1.165, 1.54) is 0 Å². The quantitative estimate of drug-likeness (QED) is 0.0467. The van der Waals surface area contributed by atoms with Crippen molar-refractivity contribution in [3.63, 3.8) is 0 Å². The molecule has 1 heterocycles. The first-order valence-corrected chi connectivity index (χ1v) is 19.9. The highest BCUT2D eigenvalue weighted by atomic mass is 16.5. The highest BCUT2D eigenvalue weighted by Crippen LogP contribution is 2.28. The zero-order valence-electron chi connectivity index (χ0n) is 33.2. The fourth-order valence-corrected chi connectivity index (χ4v) is 5.99. The highest BCUT2D eigenvalue weighted by molar-refractivity contribution is 5.86. The van der Waals surface area contributed by atoms with Gasteiger partial charge in [0.1, 0.15) is 25.0 Å². The maximum absolute atomic E-state index is 12.5. The first-order valence-electron chi connectivity index (χ1n) is 19.9. The summed E-state index contributed by atoms with van der Waals surface area (Å²) in [5.41, 5.74) is 6.34. The summed E-state index contributed by atoms with van der Waals surface area (Å²) in [7, 11) is 0. The second-order valence-corrected chi connectivity index (χ2v) is 14.2. The number of imidazole rings is 1. The Morgan fingerprint density at radius 2 is 1.39 bits per heavy atom. The fraction of sp³-hybridized carbons (Fsp3) is 0.737. The Hall–Kier alpha value is -4.46. The van der Waals surface area contributed by atoms with Gasteiger partial charge in [-0.25, -0.2) is 9.78 Å². The minimum Gasteiger partial charge on any atom is -0.480 e. The summed E-state index contributed by atoms with van der Waals surface area (Å²) in [5.74, 6) is -3.08. The summed E-state index contributed by atoms with van der Waals surface area (Å²) in [4.78, 5) is 91.0. The van der Waals surface area contributed by atoms with E-state index in [-0.39, 0.29) is 121 Å². The number of nitrogens with two attached hydrogens (primary N) is 1. The van der Waals surface area contributed by atoms with Crippen LogP contribution < -0.4 is 27.0 Å². The van der Waals surface area contributed by atoms with Crippen LogP contribution in [0.2, 0.25) is 0 Å². The molecule has 19 nitrogen and oxygen atoms in total. The van der Waals surface area contributed by atoms with Crippen LogP contribution in [0.15, 0.2) is 12.5 Å². The van der Waals surface area contributed by atoms with Crippen LogP contribution in [0.1, 0.15) is 83.2 Å². The third-order valence-corrected chi connectivity index (χ3v) is 9.41. The number of carboxylic acid groups (broad SMARTS) is 1. The molecule has 0 aromatic carbocycles. The molecule has 1 saturated carbocycles. The van der Waals surface area contributed by atoms with Crippen molar-refractivity contribution in [1.82, 2.24) is 31.2 Å². The number of primary amides is 1. The molecule has 0 spiro atoms. The van der Waals surface area contributed by atoms with Crippen LogP contribution in [-0.4, -0.2) is 135 Å². The molecule has 8 N–H and O–H groups in total. The van der Waals surface area contributed by atoms with E-state index < -0.39 is 23.8 Å². The van der Waals surface area contributed by atoms with Crippen LogP contribution in [0, 0.1) is 17.8 Å². The van der Waals surface area contributed by atoms with Crippen LogP contribution in [0.5, 0.6) is 0 Å². The number of hydrogen-bond donors (Lipinski definition) is 7. The topological polar surface area (TPSA) is 279 Å². The second kappa shape index (κ2) is 29.7. The maximum atomic E-state index is 12.5. The van der Waals surface area contributed by atoms with Gasteiger partial charge in [0.15, 0.2) is 0 Å². The Morgan fingerprint density at radius 3 is 1.96 bits per heavy atom. The molecule has 19 heteroatoms. The molecular formula is C38H63N7O12. The van der Waals surface area contributed by atoms with Gasteiger partial charge in [-0.05, 0) is 57.3 Å². The summed E-state index contributed by atoms with van der Waals surface area (Å²) in [6.07, 6.45) is 9.17. The van der Waals surface area contributed by atoms with Gasteiger partial charge in [-0.2, -0.15) is 0 Å². The van der Waals surface area contributed by atoms with E-state index in [1.807, 2.05) is 0 Å². The number of unbranched alkanes of at least 4 members (excludes halogenated alkanes) is 1. The summed E-state index contributed by atoms with van der Waals surface area (Å²) >= 11 is 0. The number of hydrogen-bond acceptors (Lipinski definition) is 12. The summed E-state index contributed by atoms with van der Waals surface area (Å²) in [6.45, 7) is 3.93. The third-order valence-electron chi connectivity index (χ3n) is 9.41. The summed E-state index contributed by atoms with van der Waals surface area (Å²) < 4.78 is 21.3. The lowest BCUT2D eigenvalue weighted by Crippen LogP contribution is -2.45. The van der Waals surface area contributed by atoms with Gasteiger partial charge in [0.25, 0.3) is 0 Å². The molecule has 57 heavy (non-hydrogen) atoms. The van der Waals surface area contributed by atoms with Gasteiger partial charge in [-0.3, -0.25) is 28.8 Å². The molecule has 1 fully saturated rings. The number of rotatable bonds is 33. The lowest BCUT2D eigenvalue weighted by Gasteiger charge is -2.26. The third kappa shape index (κ3) is 24.0. The minimum atomic E-state index is -1.17. The van der Waals surface area contributed by atoms with E-state index in [0.717, 1.165) is 31.4 Å². The summed E-state index contributed by atoms with van der Waals surface area (Å²) in [6, 6.07) is -1.12. The van der Waals surface area contributed by atoms with Gasteiger partial charge in [-0.15, -0.1) is 0 Å². The Labute approximate surface area is 334 Å². The van der Waals surface area contributed by atoms with Gasteiger partial charge in [0, 0.05) is 62.6 Å². The van der Waals surface area contributed by atoms with Crippen molar-refractivity contribution in [2.24, 2.45) is 23.5 Å². The molecule has 2 rings (SSSR count). The lowest BCUT2D eigenvalue weighted by molar-refractivity contribution is -0.143. The second-order valence-electron chi connectivity index (χ2n) is 14.2. The van der Waals surface area contributed by atoms with Gasteiger partial charge >= 0.3 is 5.97 Å². The predicted octanol–water partition coefficient (Wildman–Crippen LogP) is 0.164. The van der Waals surface area contributed by atoms with E-state index in [9.17, 15) is 38.7 Å². The van der Waals surface area contributed by atoms with Crippen LogP contribution >= 0.6 is 0 Å². The molecule has 2 atom stereocenters. The van der Waals surface area contributed by atoms with Crippen LogP contribution in [0.4, 0.5) is 0 Å². The smallest absolute Gasteiger partial charge is 0.326 e. The van der Waals surface area contributed by atoms with Crippen LogP contribution in [-0.2, 0) is 58.9 Å². The Kier molecular flexibility index (Phi) is 25.4. The molecule has 1 aliphatic rings. The van der Waals surface area contributed by atoms with Crippen molar-refractivity contribution in [3.05, 3.63) is 18.2 Å². The van der Waals surface area contributed by atoms with E-state index in [1.54, 1.807) is 12.5 Å². The number of aromatic nitrogens is 2. The number of aromatic amines is 1. The molecular weight excluding hydrogens is 746 g/mol. The van der Waals surface area contributed by atoms with E-state index in [4.69, 9.17) is 24.7 Å². The average molecular weight is 810 g/mol. The molecule has 0 aliphatic heterocycles. The van der Waals surface area contributed by atoms with E-state index in [2.05, 4.69) is 38.2 Å². The Morgan fingerprint density at radius 1 is 0.789 bits per heavy atom. The molecule has 1 unspecified atom stereocenters. The molecule has 5 amide bonds. The number of aryl methyl sites for hydroxylation is 1. The molecule has 0 saturated heterocycles. The zero-order valence-corrected chi connectivity index (χ0v) is 33.2. The van der Waals surface area contributed by atoms with E-state index >= 15 is 0 Å². The number of ketones is 1. The van der Waals surface area contributed by atoms with Crippen molar-refractivity contribution in [3.8, 4) is 0 Å². The maximum Gasteiger partial charge on any atom is 0.326 e. The number of carboxylic acids is 1. The lowest BCUT2D eigenvalue weighted by atomic mass is 9.82. The predicted molar refractivity (Wildman–Crippen MR) is 205 cm³/mol. The number of Topliss-reactive ketones (excluding diaryl/α,β-unsaturated/α-hetero) is 1. The molecule has 1 aromatic heterocycles. The summed E-state index contributed by atoms with van der Waals surface area (Å²) in [5, 5.41) is 20.1. The van der Waals surface area contributed by atoms with Gasteiger partial charge in [0.05, 0.1) is 46.0 Å². The molecule has 0 radical (unpaired) electrons. The normalized spacial score (nSPS) is 16.2. The monoisotopic (exact) mass is 809 g/mol. The fourth-order valence-electron chi connectivity index (χ4n) is 5.99. The van der Waals surface area contributed by atoms with Crippen molar-refractivity contribution >= 4 is 41.3 Å². The molecule has 322 valence electrons. The zero-order chi connectivity index (χ0) is 41.7. The minimum absolute atomic E-state index is 0.0117. The number of carbonyl (C=O) groups excluding carboxylic acids is 6. The van der Waals surface area contributed by atoms with Crippen molar-refractivity contribution < 1.29 is 57.6 Å². The van der Waals surface area contributed by atoms with Crippen molar-refractivity contribution in [2.45, 2.75) is 90.0 Å². The number of H-pyrrole nitrogens is 1. The molecule has 0 bridgehead atoms. The first-order chi connectivity index (χ1) is 27.4. The van der Waals surface area contributed by atoms with Gasteiger partial charge in [-0.1, -0.05) is 13.3 Å². The van der Waals surface area contributed by atoms with Crippen molar-refractivity contribution in [2.75, 3.05) is 72.5 Å². The average Bonchev–Trinajstić information content (AvgIpc) is 3.71. The number of ether oxygens (including phenoxy) is 4. The molecule has 1 aromatic rings. The number of nitrogens with zero attached hydrogens (tertiary/aromatic N) is 1. The van der Waals surface area contributed by atoms with Gasteiger partial charge < -0.3 is 56.0 Å². The van der Waals surface area contributed by atoms with Crippen LogP contribution in [0.3, 0.4) is 0 Å². The molecule has 1 aliphatic carbocycles. The number of nitrogens with one attached hydrogen (secondary N) is 5. The van der Waals surface area contributed by atoms with Crippen LogP contribution in [0.25, 0.3) is 0 Å². The standard InChI is InChI=1S/C38H63N7O12/c1-27-5-7-28(8-6-27)37(51)45-32(38(52)53)11-12-33(47)42-14-16-54-18-21-57-25-35(49)43-15-17-55-19-20-56-24-34(48)41-13-3-2-4-29(36(39)50)22-31(46)10-9-30-23-40-26-44-30/h23,26-29,32H,2-22,24-25H2,1H3,(H2,39,50)(H,40,44)(H,41,48)(H,42,47)(H,43,49)(H,45,51)(H,52,53)/t27?,28?,29-,32?/m1/s1. The Balaban J connectivity index is 1.35. The largest absolute Gasteiger partial charge is 0.480 e. The number of amides is 5. The first kappa shape index (κ1) is 48.7. The highest BCUT2D eigenvalue weighted by Gasteiger charge is 2.28. The Bertz CT molecular complexity index is 1360.